The summed E-state index contributed by atoms with van der Waals surface area (Å²) in [4.78, 5) is 8.19. The number of hydrogen-bond donors (Lipinski definition) is 0. The molecule has 15 heavy (non-hydrogen) atoms. The molecular weight excluding hydrogens is 210 g/mol. The molecule has 2 heterocycles. The van der Waals surface area contributed by atoms with Gasteiger partial charge < -0.3 is 4.57 Å². The van der Waals surface area contributed by atoms with Crippen LogP contribution >= 0.6 is 11.6 Å². The highest BCUT2D eigenvalue weighted by atomic mass is 35.5. The van der Waals surface area contributed by atoms with E-state index in [4.69, 9.17) is 11.6 Å². The van der Waals surface area contributed by atoms with E-state index in [1.807, 2.05) is 12.3 Å². The molecule has 0 atom stereocenters. The van der Waals surface area contributed by atoms with Crippen LogP contribution in [0.25, 0.3) is 11.0 Å². The van der Waals surface area contributed by atoms with Gasteiger partial charge in [-0.2, -0.15) is 4.98 Å². The van der Waals surface area contributed by atoms with Crippen LogP contribution in [0.5, 0.6) is 0 Å². The van der Waals surface area contributed by atoms with Crippen molar-refractivity contribution in [1.82, 2.24) is 14.5 Å². The lowest BCUT2D eigenvalue weighted by Gasteiger charge is -2.06. The van der Waals surface area contributed by atoms with Gasteiger partial charge in [-0.05, 0) is 30.0 Å². The van der Waals surface area contributed by atoms with Gasteiger partial charge in [-0.3, -0.25) is 0 Å². The Morgan fingerprint density at radius 2 is 2.27 bits per heavy atom. The van der Waals surface area contributed by atoms with Gasteiger partial charge in [0.2, 0.25) is 5.28 Å². The minimum absolute atomic E-state index is 0.312. The SMILES string of the molecule is CC(C)CCn1ccc2cnc(Cl)nc21. The van der Waals surface area contributed by atoms with Gasteiger partial charge in [0.25, 0.3) is 0 Å². The predicted octanol–water partition coefficient (Wildman–Crippen LogP) is 3.13. The van der Waals surface area contributed by atoms with Gasteiger partial charge in [0.05, 0.1) is 0 Å². The van der Waals surface area contributed by atoms with Gasteiger partial charge >= 0.3 is 0 Å². The van der Waals surface area contributed by atoms with Crippen molar-refractivity contribution in [2.45, 2.75) is 26.8 Å². The molecule has 0 fully saturated rings. The molecule has 0 aromatic carbocycles. The first-order valence-electron chi connectivity index (χ1n) is 5.14. The summed E-state index contributed by atoms with van der Waals surface area (Å²) in [6.45, 7) is 5.41. The van der Waals surface area contributed by atoms with Crippen LogP contribution in [0.2, 0.25) is 5.28 Å². The molecule has 4 heteroatoms. The summed E-state index contributed by atoms with van der Waals surface area (Å²) in [5.41, 5.74) is 0.927. The Labute approximate surface area is 94.1 Å². The van der Waals surface area contributed by atoms with Crippen molar-refractivity contribution in [3.8, 4) is 0 Å². The Kier molecular flexibility index (Phi) is 2.91. The highest BCUT2D eigenvalue weighted by Crippen LogP contribution is 2.15. The van der Waals surface area contributed by atoms with Gasteiger partial charge in [-0.25, -0.2) is 4.98 Å². The molecule has 0 aliphatic carbocycles. The molecule has 0 unspecified atom stereocenters. The lowest BCUT2D eigenvalue weighted by atomic mass is 10.1. The molecule has 0 N–H and O–H groups in total. The number of fused-ring (bicyclic) bond motifs is 1. The second kappa shape index (κ2) is 4.19. The molecule has 80 valence electrons. The van der Waals surface area contributed by atoms with Crippen LogP contribution in [-0.2, 0) is 6.54 Å². The first kappa shape index (κ1) is 10.4. The van der Waals surface area contributed by atoms with E-state index in [9.17, 15) is 0 Å². The summed E-state index contributed by atoms with van der Waals surface area (Å²) in [6, 6.07) is 2.02. The van der Waals surface area contributed by atoms with E-state index in [1.165, 1.54) is 0 Å². The van der Waals surface area contributed by atoms with Gasteiger partial charge in [-0.1, -0.05) is 13.8 Å². The molecule has 2 aromatic rings. The zero-order chi connectivity index (χ0) is 10.8. The number of halogens is 1. The van der Waals surface area contributed by atoms with Crippen molar-refractivity contribution < 1.29 is 0 Å². The molecule has 0 saturated heterocycles. The summed E-state index contributed by atoms with van der Waals surface area (Å²) in [5, 5.41) is 1.36. The minimum Gasteiger partial charge on any atom is -0.332 e. The number of rotatable bonds is 3. The molecule has 2 aromatic heterocycles. The van der Waals surface area contributed by atoms with E-state index in [2.05, 4.69) is 28.4 Å². The van der Waals surface area contributed by atoms with Crippen molar-refractivity contribution in [2.24, 2.45) is 5.92 Å². The molecule has 0 aliphatic heterocycles. The molecule has 0 amide bonds. The Bertz CT molecular complexity index is 462. The molecule has 3 nitrogen and oxygen atoms in total. The van der Waals surface area contributed by atoms with E-state index in [1.54, 1.807) is 6.20 Å². The molecule has 0 aliphatic rings. The normalized spacial score (nSPS) is 11.5. The molecule has 2 rings (SSSR count). The fourth-order valence-electron chi connectivity index (χ4n) is 1.53. The van der Waals surface area contributed by atoms with Crippen molar-refractivity contribution in [1.29, 1.82) is 0 Å². The topological polar surface area (TPSA) is 30.7 Å². The van der Waals surface area contributed by atoms with E-state index in [0.29, 0.717) is 11.2 Å². The first-order chi connectivity index (χ1) is 7.16. The van der Waals surface area contributed by atoms with Crippen LogP contribution < -0.4 is 0 Å². The second-order valence-corrected chi connectivity index (χ2v) is 4.45. The van der Waals surface area contributed by atoms with E-state index >= 15 is 0 Å². The molecular formula is C11H14ClN3. The molecule has 0 spiro atoms. The first-order valence-corrected chi connectivity index (χ1v) is 5.52. The van der Waals surface area contributed by atoms with E-state index in [0.717, 1.165) is 24.0 Å². The number of hydrogen-bond acceptors (Lipinski definition) is 2. The van der Waals surface area contributed by atoms with Crippen LogP contribution in [0.3, 0.4) is 0 Å². The third kappa shape index (κ3) is 2.29. The average molecular weight is 224 g/mol. The molecule has 0 bridgehead atoms. The Morgan fingerprint density at radius 1 is 1.47 bits per heavy atom. The number of nitrogens with zero attached hydrogens (tertiary/aromatic N) is 3. The van der Waals surface area contributed by atoms with E-state index < -0.39 is 0 Å². The Morgan fingerprint density at radius 3 is 3.00 bits per heavy atom. The van der Waals surface area contributed by atoms with Crippen LogP contribution in [0.1, 0.15) is 20.3 Å². The maximum absolute atomic E-state index is 5.77. The summed E-state index contributed by atoms with van der Waals surface area (Å²) < 4.78 is 2.13. The fourth-order valence-corrected chi connectivity index (χ4v) is 1.66. The van der Waals surface area contributed by atoms with Crippen LogP contribution in [0, 0.1) is 5.92 Å². The minimum atomic E-state index is 0.312. The van der Waals surface area contributed by atoms with Gasteiger partial charge in [0.1, 0.15) is 5.65 Å². The highest BCUT2D eigenvalue weighted by molar-refractivity contribution is 6.28. The highest BCUT2D eigenvalue weighted by Gasteiger charge is 2.04. The van der Waals surface area contributed by atoms with Crippen LogP contribution in [0.15, 0.2) is 18.5 Å². The lowest BCUT2D eigenvalue weighted by molar-refractivity contribution is 0.523. The summed E-state index contributed by atoms with van der Waals surface area (Å²) in [6.07, 6.45) is 4.94. The van der Waals surface area contributed by atoms with Gasteiger partial charge in [0.15, 0.2) is 0 Å². The zero-order valence-corrected chi connectivity index (χ0v) is 9.70. The molecule has 0 radical (unpaired) electrons. The smallest absolute Gasteiger partial charge is 0.224 e. The van der Waals surface area contributed by atoms with Gasteiger partial charge in [-0.15, -0.1) is 0 Å². The van der Waals surface area contributed by atoms with E-state index in [-0.39, 0.29) is 0 Å². The lowest BCUT2D eigenvalue weighted by Crippen LogP contribution is -2.01. The zero-order valence-electron chi connectivity index (χ0n) is 8.94. The number of aryl methyl sites for hydroxylation is 1. The Balaban J connectivity index is 2.31. The third-order valence-electron chi connectivity index (χ3n) is 2.42. The summed E-state index contributed by atoms with van der Waals surface area (Å²) >= 11 is 5.77. The predicted molar refractivity (Wildman–Crippen MR) is 62.0 cm³/mol. The molecule has 0 saturated carbocycles. The third-order valence-corrected chi connectivity index (χ3v) is 2.60. The average Bonchev–Trinajstić information content (AvgIpc) is 2.57. The fraction of sp³-hybridized carbons (Fsp3) is 0.455. The summed E-state index contributed by atoms with van der Waals surface area (Å²) in [5.74, 6) is 0.694. The Hall–Kier alpha value is -1.09. The maximum Gasteiger partial charge on any atom is 0.224 e. The van der Waals surface area contributed by atoms with Crippen LogP contribution in [-0.4, -0.2) is 14.5 Å². The maximum atomic E-state index is 5.77. The van der Waals surface area contributed by atoms with Crippen LogP contribution in [0.4, 0.5) is 0 Å². The van der Waals surface area contributed by atoms with Gasteiger partial charge in [0, 0.05) is 24.3 Å². The number of aromatic nitrogens is 3. The standard InChI is InChI=1S/C11H14ClN3/c1-8(2)3-5-15-6-4-9-7-13-11(12)14-10(9)15/h4,6-8H,3,5H2,1-2H3. The van der Waals surface area contributed by atoms with Crippen molar-refractivity contribution >= 4 is 22.6 Å². The quantitative estimate of drug-likeness (QED) is 0.749. The van der Waals surface area contributed by atoms with Crippen molar-refractivity contribution in [3.05, 3.63) is 23.7 Å². The largest absolute Gasteiger partial charge is 0.332 e. The van der Waals surface area contributed by atoms with Crippen molar-refractivity contribution in [2.75, 3.05) is 0 Å². The second-order valence-electron chi connectivity index (χ2n) is 4.11. The summed E-state index contributed by atoms with van der Waals surface area (Å²) in [7, 11) is 0. The monoisotopic (exact) mass is 223 g/mol. The van der Waals surface area contributed by atoms with Crippen molar-refractivity contribution in [3.63, 3.8) is 0 Å².